The summed E-state index contributed by atoms with van der Waals surface area (Å²) >= 11 is 0. The van der Waals surface area contributed by atoms with Gasteiger partial charge in [-0.25, -0.2) is 0 Å². The van der Waals surface area contributed by atoms with E-state index in [-0.39, 0.29) is 0 Å². The van der Waals surface area contributed by atoms with Crippen molar-refractivity contribution in [3.05, 3.63) is 11.3 Å². The van der Waals surface area contributed by atoms with Gasteiger partial charge in [-0.2, -0.15) is 0 Å². The Morgan fingerprint density at radius 3 is 2.67 bits per heavy atom. The Morgan fingerprint density at radius 1 is 1.47 bits per heavy atom. The summed E-state index contributed by atoms with van der Waals surface area (Å²) < 4.78 is 7.50. The molecule has 1 heterocycles. The van der Waals surface area contributed by atoms with Crippen molar-refractivity contribution >= 4 is 0 Å². The largest absolute Gasteiger partial charge is 0.477 e. The van der Waals surface area contributed by atoms with Crippen LogP contribution in [0.1, 0.15) is 31.1 Å². The molecule has 0 amide bonds. The van der Waals surface area contributed by atoms with Crippen molar-refractivity contribution in [3.63, 3.8) is 0 Å². The molecule has 86 valence electrons. The Morgan fingerprint density at radius 2 is 2.13 bits per heavy atom. The zero-order chi connectivity index (χ0) is 11.4. The number of likely N-dealkylation sites (N-methyl/N-ethyl adjacent to an activating group) is 1. The van der Waals surface area contributed by atoms with Gasteiger partial charge in [0.25, 0.3) is 0 Å². The Kier molecular flexibility index (Phi) is 4.15. The van der Waals surface area contributed by atoms with E-state index in [4.69, 9.17) is 4.74 Å². The standard InChI is InChI=1S/C11H21N3O/c1-6-15-11-9(3)10(4)14(13-11)8(2)7-12-5/h8,12H,6-7H2,1-5H3/t8-/m0/s1. The molecule has 0 radical (unpaired) electrons. The van der Waals surface area contributed by atoms with Gasteiger partial charge in [0.05, 0.1) is 12.6 Å². The van der Waals surface area contributed by atoms with E-state index in [0.29, 0.717) is 12.6 Å². The van der Waals surface area contributed by atoms with Gasteiger partial charge in [-0.05, 0) is 34.7 Å². The highest BCUT2D eigenvalue weighted by Crippen LogP contribution is 2.22. The summed E-state index contributed by atoms with van der Waals surface area (Å²) in [5, 5.41) is 7.62. The van der Waals surface area contributed by atoms with E-state index < -0.39 is 0 Å². The summed E-state index contributed by atoms with van der Waals surface area (Å²) in [6, 6.07) is 0.350. The lowest BCUT2D eigenvalue weighted by Crippen LogP contribution is -2.21. The van der Waals surface area contributed by atoms with E-state index in [0.717, 1.165) is 18.0 Å². The number of rotatable bonds is 5. The molecular formula is C11H21N3O. The molecule has 1 N–H and O–H groups in total. The molecule has 1 rings (SSSR count). The maximum atomic E-state index is 5.47. The van der Waals surface area contributed by atoms with E-state index in [9.17, 15) is 0 Å². The van der Waals surface area contributed by atoms with Gasteiger partial charge in [-0.15, -0.1) is 5.10 Å². The Balaban J connectivity index is 2.93. The Bertz CT molecular complexity index is 320. The van der Waals surface area contributed by atoms with Crippen LogP contribution in [0.2, 0.25) is 0 Å². The molecule has 0 aliphatic heterocycles. The van der Waals surface area contributed by atoms with Crippen LogP contribution in [0.25, 0.3) is 0 Å². The molecular weight excluding hydrogens is 190 g/mol. The van der Waals surface area contributed by atoms with Crippen LogP contribution in [-0.4, -0.2) is 30.0 Å². The third kappa shape index (κ3) is 2.50. The molecule has 0 saturated heterocycles. The fraction of sp³-hybridized carbons (Fsp3) is 0.727. The average Bonchev–Trinajstić information content (AvgIpc) is 2.47. The Labute approximate surface area is 91.6 Å². The minimum absolute atomic E-state index is 0.350. The minimum atomic E-state index is 0.350. The van der Waals surface area contributed by atoms with Crippen LogP contribution in [0, 0.1) is 13.8 Å². The zero-order valence-corrected chi connectivity index (χ0v) is 10.3. The SMILES string of the molecule is CCOc1nn([C@@H](C)CNC)c(C)c1C. The number of hydrogen-bond acceptors (Lipinski definition) is 3. The van der Waals surface area contributed by atoms with Crippen LogP contribution >= 0.6 is 0 Å². The van der Waals surface area contributed by atoms with Crippen molar-refractivity contribution in [1.29, 1.82) is 0 Å². The maximum absolute atomic E-state index is 5.47. The van der Waals surface area contributed by atoms with E-state index in [1.807, 2.05) is 18.7 Å². The first-order valence-electron chi connectivity index (χ1n) is 5.44. The molecule has 0 spiro atoms. The van der Waals surface area contributed by atoms with E-state index in [2.05, 4.69) is 31.2 Å². The molecule has 0 saturated carbocycles. The first kappa shape index (κ1) is 12.0. The molecule has 0 aliphatic carbocycles. The molecule has 0 unspecified atom stereocenters. The van der Waals surface area contributed by atoms with E-state index >= 15 is 0 Å². The third-order valence-electron chi connectivity index (χ3n) is 2.60. The summed E-state index contributed by atoms with van der Waals surface area (Å²) in [4.78, 5) is 0. The van der Waals surface area contributed by atoms with Gasteiger partial charge in [-0.3, -0.25) is 4.68 Å². The van der Waals surface area contributed by atoms with Crippen molar-refractivity contribution in [2.45, 2.75) is 33.7 Å². The van der Waals surface area contributed by atoms with Crippen molar-refractivity contribution in [3.8, 4) is 5.88 Å². The number of aromatic nitrogens is 2. The van der Waals surface area contributed by atoms with E-state index in [1.165, 1.54) is 5.69 Å². The van der Waals surface area contributed by atoms with Gasteiger partial charge < -0.3 is 10.1 Å². The van der Waals surface area contributed by atoms with Gasteiger partial charge in [0.2, 0.25) is 5.88 Å². The highest BCUT2D eigenvalue weighted by atomic mass is 16.5. The van der Waals surface area contributed by atoms with Crippen molar-refractivity contribution in [2.24, 2.45) is 0 Å². The lowest BCUT2D eigenvalue weighted by atomic mass is 10.2. The van der Waals surface area contributed by atoms with Gasteiger partial charge in [0.15, 0.2) is 0 Å². The topological polar surface area (TPSA) is 39.1 Å². The molecule has 0 fully saturated rings. The second-order valence-electron chi connectivity index (χ2n) is 3.80. The zero-order valence-electron chi connectivity index (χ0n) is 10.3. The van der Waals surface area contributed by atoms with Gasteiger partial charge in [0.1, 0.15) is 0 Å². The van der Waals surface area contributed by atoms with Gasteiger partial charge >= 0.3 is 0 Å². The minimum Gasteiger partial charge on any atom is -0.477 e. The normalized spacial score (nSPS) is 12.9. The molecule has 4 heteroatoms. The van der Waals surface area contributed by atoms with Gasteiger partial charge in [0, 0.05) is 17.8 Å². The summed E-state index contributed by atoms with van der Waals surface area (Å²) in [6.45, 7) is 9.83. The number of ether oxygens (including phenoxy) is 1. The van der Waals surface area contributed by atoms with Crippen molar-refractivity contribution < 1.29 is 4.74 Å². The summed E-state index contributed by atoms with van der Waals surface area (Å²) in [6.07, 6.45) is 0. The van der Waals surface area contributed by atoms with E-state index in [1.54, 1.807) is 0 Å². The first-order chi connectivity index (χ1) is 7.11. The molecule has 1 atom stereocenters. The first-order valence-corrected chi connectivity index (χ1v) is 5.44. The lowest BCUT2D eigenvalue weighted by molar-refractivity contribution is 0.315. The van der Waals surface area contributed by atoms with Crippen molar-refractivity contribution in [2.75, 3.05) is 20.2 Å². The second-order valence-corrected chi connectivity index (χ2v) is 3.80. The lowest BCUT2D eigenvalue weighted by Gasteiger charge is -2.13. The summed E-state index contributed by atoms with van der Waals surface area (Å²) in [7, 11) is 1.95. The molecule has 0 aromatic carbocycles. The smallest absolute Gasteiger partial charge is 0.235 e. The fourth-order valence-corrected chi connectivity index (χ4v) is 1.66. The number of nitrogens with zero attached hydrogens (tertiary/aromatic N) is 2. The number of hydrogen-bond donors (Lipinski definition) is 1. The average molecular weight is 211 g/mol. The summed E-state index contributed by atoms with van der Waals surface area (Å²) in [5.74, 6) is 0.762. The fourth-order valence-electron chi connectivity index (χ4n) is 1.66. The monoisotopic (exact) mass is 211 g/mol. The molecule has 0 aliphatic rings. The number of nitrogens with one attached hydrogen (secondary N) is 1. The molecule has 0 bridgehead atoms. The second kappa shape index (κ2) is 5.16. The molecule has 15 heavy (non-hydrogen) atoms. The van der Waals surface area contributed by atoms with Crippen LogP contribution in [0.5, 0.6) is 5.88 Å². The van der Waals surface area contributed by atoms with Crippen LogP contribution in [0.3, 0.4) is 0 Å². The van der Waals surface area contributed by atoms with Gasteiger partial charge in [-0.1, -0.05) is 0 Å². The molecule has 4 nitrogen and oxygen atoms in total. The van der Waals surface area contributed by atoms with Crippen LogP contribution in [0.15, 0.2) is 0 Å². The molecule has 1 aromatic heterocycles. The van der Waals surface area contributed by atoms with Crippen molar-refractivity contribution in [1.82, 2.24) is 15.1 Å². The highest BCUT2D eigenvalue weighted by Gasteiger charge is 2.15. The van der Waals surface area contributed by atoms with Crippen LogP contribution in [0.4, 0.5) is 0 Å². The maximum Gasteiger partial charge on any atom is 0.235 e. The van der Waals surface area contributed by atoms with Crippen LogP contribution in [-0.2, 0) is 0 Å². The highest BCUT2D eigenvalue weighted by molar-refractivity contribution is 5.29. The Hall–Kier alpha value is -1.03. The third-order valence-corrected chi connectivity index (χ3v) is 2.60. The quantitative estimate of drug-likeness (QED) is 0.805. The summed E-state index contributed by atoms with van der Waals surface area (Å²) in [5.41, 5.74) is 2.32. The predicted molar refractivity (Wildman–Crippen MR) is 61.5 cm³/mol. The predicted octanol–water partition coefficient (Wildman–Crippen LogP) is 1.68. The van der Waals surface area contributed by atoms with Crippen LogP contribution < -0.4 is 10.1 Å². The molecule has 1 aromatic rings.